The van der Waals surface area contributed by atoms with Crippen LogP contribution in [-0.4, -0.2) is 61.5 Å². The van der Waals surface area contributed by atoms with E-state index in [1.165, 1.54) is 0 Å². The van der Waals surface area contributed by atoms with E-state index in [0.717, 1.165) is 32.6 Å². The van der Waals surface area contributed by atoms with Gasteiger partial charge in [-0.15, -0.1) is 0 Å². The van der Waals surface area contributed by atoms with Gasteiger partial charge in [0.1, 0.15) is 0 Å². The van der Waals surface area contributed by atoms with Gasteiger partial charge in [0.2, 0.25) is 0 Å². The van der Waals surface area contributed by atoms with E-state index in [1.807, 2.05) is 0 Å². The Morgan fingerprint density at radius 2 is 1.79 bits per heavy atom. The third-order valence-corrected chi connectivity index (χ3v) is 3.26. The summed E-state index contributed by atoms with van der Waals surface area (Å²) in [6.45, 7) is 15.9. The molecule has 2 unspecified atom stereocenters. The van der Waals surface area contributed by atoms with Crippen LogP contribution < -0.4 is 5.32 Å². The Bertz CT molecular complexity index is 197. The summed E-state index contributed by atoms with van der Waals surface area (Å²) in [5.41, 5.74) is 0. The number of aliphatic hydroxyl groups excluding tert-OH is 1. The molecule has 0 bridgehead atoms. The van der Waals surface area contributed by atoms with Gasteiger partial charge in [0.05, 0.1) is 18.8 Å². The molecule has 4 nitrogen and oxygen atoms in total. The van der Waals surface area contributed by atoms with Gasteiger partial charge in [-0.25, -0.2) is 0 Å². The molecule has 0 saturated heterocycles. The second-order valence-electron chi connectivity index (χ2n) is 5.66. The Labute approximate surface area is 119 Å². The maximum atomic E-state index is 9.81. The average molecular weight is 274 g/mol. The van der Waals surface area contributed by atoms with Crippen LogP contribution in [0.1, 0.15) is 41.0 Å². The predicted octanol–water partition coefficient (Wildman–Crippen LogP) is 1.73. The molecular weight excluding hydrogens is 240 g/mol. The number of rotatable bonds is 12. The molecule has 19 heavy (non-hydrogen) atoms. The van der Waals surface area contributed by atoms with E-state index >= 15 is 0 Å². The minimum atomic E-state index is -0.411. The van der Waals surface area contributed by atoms with Crippen LogP contribution in [0.15, 0.2) is 0 Å². The first-order chi connectivity index (χ1) is 8.99. The van der Waals surface area contributed by atoms with Gasteiger partial charge in [-0.1, -0.05) is 27.7 Å². The fourth-order valence-electron chi connectivity index (χ4n) is 2.11. The number of hydrogen-bond donors (Lipinski definition) is 2. The first-order valence-electron chi connectivity index (χ1n) is 7.72. The lowest BCUT2D eigenvalue weighted by Gasteiger charge is -2.20. The number of hydrogen-bond acceptors (Lipinski definition) is 4. The summed E-state index contributed by atoms with van der Waals surface area (Å²) in [7, 11) is 0. The highest BCUT2D eigenvalue weighted by Crippen LogP contribution is 2.07. The first kappa shape index (κ1) is 18.8. The van der Waals surface area contributed by atoms with Gasteiger partial charge in [0, 0.05) is 19.6 Å². The Kier molecular flexibility index (Phi) is 11.6. The van der Waals surface area contributed by atoms with Gasteiger partial charge in [-0.05, 0) is 32.4 Å². The molecule has 0 aromatic heterocycles. The quantitative estimate of drug-likeness (QED) is 0.532. The SMILES string of the molecule is CCN(CC)CCNCC(O)COC(C)CC(C)C. The van der Waals surface area contributed by atoms with Crippen LogP contribution in [0.2, 0.25) is 0 Å². The monoisotopic (exact) mass is 274 g/mol. The molecule has 0 aliphatic rings. The summed E-state index contributed by atoms with van der Waals surface area (Å²) < 4.78 is 5.63. The molecule has 116 valence electrons. The fourth-order valence-corrected chi connectivity index (χ4v) is 2.11. The van der Waals surface area contributed by atoms with Gasteiger partial charge in [-0.3, -0.25) is 0 Å². The van der Waals surface area contributed by atoms with E-state index in [-0.39, 0.29) is 6.10 Å². The molecule has 0 amide bonds. The Hall–Kier alpha value is -0.160. The maximum absolute atomic E-state index is 9.81. The highest BCUT2D eigenvalue weighted by atomic mass is 16.5. The molecule has 2 atom stereocenters. The molecule has 4 heteroatoms. The molecule has 0 aromatic carbocycles. The normalized spacial score (nSPS) is 15.2. The topological polar surface area (TPSA) is 44.7 Å². The van der Waals surface area contributed by atoms with Gasteiger partial charge in [0.25, 0.3) is 0 Å². The zero-order valence-corrected chi connectivity index (χ0v) is 13.5. The highest BCUT2D eigenvalue weighted by Gasteiger charge is 2.09. The van der Waals surface area contributed by atoms with Crippen LogP contribution in [0.3, 0.4) is 0 Å². The minimum Gasteiger partial charge on any atom is -0.389 e. The molecule has 0 spiro atoms. The third kappa shape index (κ3) is 11.4. The van der Waals surface area contributed by atoms with E-state index < -0.39 is 6.10 Å². The van der Waals surface area contributed by atoms with Crippen LogP contribution in [0.4, 0.5) is 0 Å². The van der Waals surface area contributed by atoms with Crippen molar-refractivity contribution < 1.29 is 9.84 Å². The standard InChI is InChI=1S/C15H34N2O2/c1-6-17(7-2)9-8-16-11-15(18)12-19-14(5)10-13(3)4/h13-16,18H,6-12H2,1-5H3. The highest BCUT2D eigenvalue weighted by molar-refractivity contribution is 4.62. The third-order valence-electron chi connectivity index (χ3n) is 3.26. The maximum Gasteiger partial charge on any atom is 0.0897 e. The number of nitrogens with one attached hydrogen (secondary N) is 1. The molecule has 0 saturated carbocycles. The van der Waals surface area contributed by atoms with Crippen LogP contribution in [-0.2, 0) is 4.74 Å². The molecule has 0 aliphatic carbocycles. The summed E-state index contributed by atoms with van der Waals surface area (Å²) in [6, 6.07) is 0. The van der Waals surface area contributed by atoms with E-state index in [2.05, 4.69) is 44.8 Å². The van der Waals surface area contributed by atoms with Crippen molar-refractivity contribution in [2.45, 2.75) is 53.2 Å². The van der Waals surface area contributed by atoms with Crippen LogP contribution in [0.25, 0.3) is 0 Å². The molecular formula is C15H34N2O2. The molecule has 0 aromatic rings. The second-order valence-corrected chi connectivity index (χ2v) is 5.66. The van der Waals surface area contributed by atoms with Gasteiger partial charge in [0.15, 0.2) is 0 Å². The van der Waals surface area contributed by atoms with Gasteiger partial charge >= 0.3 is 0 Å². The zero-order valence-electron chi connectivity index (χ0n) is 13.5. The average Bonchev–Trinajstić information content (AvgIpc) is 2.36. The summed E-state index contributed by atoms with van der Waals surface area (Å²) in [5, 5.41) is 13.1. The van der Waals surface area contributed by atoms with Gasteiger partial charge < -0.3 is 20.1 Å². The van der Waals surface area contributed by atoms with Crippen molar-refractivity contribution >= 4 is 0 Å². The number of likely N-dealkylation sites (N-methyl/N-ethyl adjacent to an activating group) is 1. The van der Waals surface area contributed by atoms with E-state index in [4.69, 9.17) is 4.74 Å². The van der Waals surface area contributed by atoms with Crippen molar-refractivity contribution in [2.24, 2.45) is 5.92 Å². The molecule has 2 N–H and O–H groups in total. The van der Waals surface area contributed by atoms with Crippen molar-refractivity contribution in [1.82, 2.24) is 10.2 Å². The van der Waals surface area contributed by atoms with Crippen molar-refractivity contribution in [3.63, 3.8) is 0 Å². The smallest absolute Gasteiger partial charge is 0.0897 e. The van der Waals surface area contributed by atoms with E-state index in [1.54, 1.807) is 0 Å². The first-order valence-corrected chi connectivity index (χ1v) is 7.72. The molecule has 0 fully saturated rings. The Morgan fingerprint density at radius 1 is 1.16 bits per heavy atom. The van der Waals surface area contributed by atoms with Gasteiger partial charge in [-0.2, -0.15) is 0 Å². The van der Waals surface area contributed by atoms with Crippen LogP contribution in [0, 0.1) is 5.92 Å². The van der Waals surface area contributed by atoms with E-state index in [9.17, 15) is 5.11 Å². The van der Waals surface area contributed by atoms with Crippen molar-refractivity contribution in [2.75, 3.05) is 39.3 Å². The fraction of sp³-hybridized carbons (Fsp3) is 1.00. The summed E-state index contributed by atoms with van der Waals surface area (Å²) in [4.78, 5) is 2.36. The summed E-state index contributed by atoms with van der Waals surface area (Å²) in [6.07, 6.45) is 0.860. The van der Waals surface area contributed by atoms with Crippen LogP contribution in [0.5, 0.6) is 0 Å². The minimum absolute atomic E-state index is 0.227. The van der Waals surface area contributed by atoms with Crippen molar-refractivity contribution in [1.29, 1.82) is 0 Å². The molecule has 0 radical (unpaired) electrons. The number of aliphatic hydroxyl groups is 1. The predicted molar refractivity (Wildman–Crippen MR) is 81.5 cm³/mol. The largest absolute Gasteiger partial charge is 0.389 e. The van der Waals surface area contributed by atoms with Crippen molar-refractivity contribution in [3.05, 3.63) is 0 Å². The Balaban J connectivity index is 3.51. The lowest BCUT2D eigenvalue weighted by Crippen LogP contribution is -2.37. The van der Waals surface area contributed by atoms with Crippen molar-refractivity contribution in [3.8, 4) is 0 Å². The molecule has 0 heterocycles. The van der Waals surface area contributed by atoms with E-state index in [0.29, 0.717) is 19.1 Å². The summed E-state index contributed by atoms with van der Waals surface area (Å²) in [5.74, 6) is 0.638. The molecule has 0 rings (SSSR count). The Morgan fingerprint density at radius 3 is 2.32 bits per heavy atom. The number of nitrogens with zero attached hydrogens (tertiary/aromatic N) is 1. The lowest BCUT2D eigenvalue weighted by atomic mass is 10.1. The summed E-state index contributed by atoms with van der Waals surface area (Å²) >= 11 is 0. The second kappa shape index (κ2) is 11.6. The number of ether oxygens (including phenoxy) is 1. The lowest BCUT2D eigenvalue weighted by molar-refractivity contribution is -0.00853. The molecule has 0 aliphatic heterocycles. The van der Waals surface area contributed by atoms with Crippen LogP contribution >= 0.6 is 0 Å². The zero-order chi connectivity index (χ0) is 14.7.